The maximum Gasteiger partial charge on any atom is 0.157 e. The van der Waals surface area contributed by atoms with Crippen LogP contribution < -0.4 is 0 Å². The molecule has 0 heterocycles. The molecule has 0 radical (unpaired) electrons. The molecule has 0 N–H and O–H groups in total. The molecule has 1 saturated carbocycles. The van der Waals surface area contributed by atoms with E-state index in [0.717, 1.165) is 37.9 Å². The van der Waals surface area contributed by atoms with Crippen molar-refractivity contribution in [1.29, 1.82) is 0 Å². The molecule has 0 aromatic rings. The minimum Gasteiger partial charge on any atom is -0.298 e. The minimum absolute atomic E-state index is 0.0208. The maximum absolute atomic E-state index is 12.0. The summed E-state index contributed by atoms with van der Waals surface area (Å²) >= 11 is 0. The van der Waals surface area contributed by atoms with Crippen LogP contribution in [0.3, 0.4) is 0 Å². The fourth-order valence-corrected chi connectivity index (χ4v) is 3.01. The minimum atomic E-state index is -3.22. The summed E-state index contributed by atoms with van der Waals surface area (Å²) in [6.45, 7) is 3.69. The lowest BCUT2D eigenvalue weighted by Gasteiger charge is -2.28. The van der Waals surface area contributed by atoms with Crippen molar-refractivity contribution < 1.29 is 13.2 Å². The number of sulfone groups is 1. The molecular formula is C12H22O3S. The third-order valence-electron chi connectivity index (χ3n) is 3.87. The van der Waals surface area contributed by atoms with Crippen LogP contribution in [0.1, 0.15) is 46.0 Å². The Labute approximate surface area is 98.5 Å². The van der Waals surface area contributed by atoms with Gasteiger partial charge in [-0.3, -0.25) is 4.79 Å². The Morgan fingerprint density at radius 3 is 2.12 bits per heavy atom. The van der Waals surface area contributed by atoms with Crippen molar-refractivity contribution in [3.63, 3.8) is 0 Å². The highest BCUT2D eigenvalue weighted by atomic mass is 32.2. The molecule has 94 valence electrons. The first-order valence-electron chi connectivity index (χ1n) is 6.08. The zero-order valence-corrected chi connectivity index (χ0v) is 11.2. The smallest absolute Gasteiger partial charge is 0.157 e. The van der Waals surface area contributed by atoms with Gasteiger partial charge in [0.15, 0.2) is 15.6 Å². The summed E-state index contributed by atoms with van der Waals surface area (Å²) in [4.78, 5) is 12.0. The van der Waals surface area contributed by atoms with Crippen LogP contribution in [0.5, 0.6) is 0 Å². The largest absolute Gasteiger partial charge is 0.298 e. The monoisotopic (exact) mass is 246 g/mol. The molecule has 1 atom stereocenters. The van der Waals surface area contributed by atoms with Gasteiger partial charge in [-0.25, -0.2) is 8.42 Å². The van der Waals surface area contributed by atoms with Crippen molar-refractivity contribution in [3.8, 4) is 0 Å². The van der Waals surface area contributed by atoms with Gasteiger partial charge in [0.1, 0.15) is 5.25 Å². The molecule has 1 unspecified atom stereocenters. The summed E-state index contributed by atoms with van der Waals surface area (Å²) in [6, 6.07) is 0. The second-order valence-corrected chi connectivity index (χ2v) is 7.37. The zero-order chi connectivity index (χ0) is 12.3. The van der Waals surface area contributed by atoms with E-state index in [1.165, 1.54) is 13.3 Å². The molecule has 1 fully saturated rings. The predicted molar refractivity (Wildman–Crippen MR) is 65.1 cm³/mol. The number of hydrogen-bond donors (Lipinski definition) is 0. The van der Waals surface area contributed by atoms with E-state index in [1.54, 1.807) is 0 Å². The van der Waals surface area contributed by atoms with Gasteiger partial charge in [0, 0.05) is 12.2 Å². The fraction of sp³-hybridized carbons (Fsp3) is 0.917. The highest BCUT2D eigenvalue weighted by molar-refractivity contribution is 7.92. The number of Topliss-reactive ketones (excluding diaryl/α,β-unsaturated/α-hetero) is 1. The van der Waals surface area contributed by atoms with E-state index < -0.39 is 15.1 Å². The number of carbonyl (C=O) groups excluding carboxylic acids is 1. The molecule has 0 bridgehead atoms. The van der Waals surface area contributed by atoms with Gasteiger partial charge in [-0.2, -0.15) is 0 Å². The lowest BCUT2D eigenvalue weighted by molar-refractivity contribution is -0.123. The third-order valence-corrected chi connectivity index (χ3v) is 5.39. The Hall–Kier alpha value is -0.380. The molecule has 1 aliphatic carbocycles. The van der Waals surface area contributed by atoms with Crippen molar-refractivity contribution in [2.45, 2.75) is 51.2 Å². The second-order valence-electron chi connectivity index (χ2n) is 5.00. The van der Waals surface area contributed by atoms with Crippen LogP contribution in [0.15, 0.2) is 0 Å². The third kappa shape index (κ3) is 3.30. The van der Waals surface area contributed by atoms with Crippen LogP contribution in [-0.4, -0.2) is 25.7 Å². The van der Waals surface area contributed by atoms with Gasteiger partial charge in [0.05, 0.1) is 0 Å². The Balaban J connectivity index is 2.57. The molecule has 0 aromatic heterocycles. The van der Waals surface area contributed by atoms with E-state index in [1.807, 2.05) is 0 Å². The van der Waals surface area contributed by atoms with Crippen molar-refractivity contribution in [2.24, 2.45) is 11.8 Å². The van der Waals surface area contributed by atoms with Gasteiger partial charge >= 0.3 is 0 Å². The van der Waals surface area contributed by atoms with E-state index >= 15 is 0 Å². The SMILES string of the molecule is CCC1CCC(C(=O)C(C)S(C)(=O)=O)CC1. The topological polar surface area (TPSA) is 51.2 Å². The lowest BCUT2D eigenvalue weighted by Crippen LogP contribution is -2.34. The van der Waals surface area contributed by atoms with Gasteiger partial charge in [-0.15, -0.1) is 0 Å². The summed E-state index contributed by atoms with van der Waals surface area (Å²) in [6.07, 6.45) is 6.21. The number of rotatable bonds is 4. The summed E-state index contributed by atoms with van der Waals surface area (Å²) in [5, 5.41) is -0.823. The van der Waals surface area contributed by atoms with E-state index in [0.29, 0.717) is 0 Å². The summed E-state index contributed by atoms with van der Waals surface area (Å²) in [5.41, 5.74) is 0. The molecule has 16 heavy (non-hydrogen) atoms. The van der Waals surface area contributed by atoms with Gasteiger partial charge < -0.3 is 0 Å². The van der Waals surface area contributed by atoms with Crippen LogP contribution >= 0.6 is 0 Å². The molecule has 1 rings (SSSR count). The fourth-order valence-electron chi connectivity index (χ4n) is 2.40. The average molecular weight is 246 g/mol. The first-order valence-corrected chi connectivity index (χ1v) is 8.04. The first-order chi connectivity index (χ1) is 7.36. The van der Waals surface area contributed by atoms with Crippen molar-refractivity contribution in [1.82, 2.24) is 0 Å². The van der Waals surface area contributed by atoms with Crippen LogP contribution in [0.2, 0.25) is 0 Å². The summed E-state index contributed by atoms with van der Waals surface area (Å²) < 4.78 is 22.6. The van der Waals surface area contributed by atoms with Gasteiger partial charge in [0.2, 0.25) is 0 Å². The summed E-state index contributed by atoms with van der Waals surface area (Å²) in [7, 11) is -3.22. The first kappa shape index (κ1) is 13.7. The van der Waals surface area contributed by atoms with Crippen molar-refractivity contribution >= 4 is 15.6 Å². The Bertz CT molecular complexity index is 337. The molecule has 1 aliphatic rings. The second kappa shape index (κ2) is 5.30. The quantitative estimate of drug-likeness (QED) is 0.764. The van der Waals surface area contributed by atoms with Gasteiger partial charge in [-0.05, 0) is 38.5 Å². The van der Waals surface area contributed by atoms with Crippen LogP contribution in [0.4, 0.5) is 0 Å². The van der Waals surface area contributed by atoms with Crippen molar-refractivity contribution in [3.05, 3.63) is 0 Å². The Morgan fingerprint density at radius 2 is 1.75 bits per heavy atom. The van der Waals surface area contributed by atoms with E-state index in [4.69, 9.17) is 0 Å². The van der Waals surface area contributed by atoms with Gasteiger partial charge in [-0.1, -0.05) is 13.3 Å². The predicted octanol–water partition coefficient (Wildman–Crippen LogP) is 2.21. The number of carbonyl (C=O) groups is 1. The lowest BCUT2D eigenvalue weighted by atomic mass is 9.78. The molecule has 0 amide bonds. The molecule has 4 heteroatoms. The highest BCUT2D eigenvalue weighted by Crippen LogP contribution is 2.32. The van der Waals surface area contributed by atoms with Crippen molar-refractivity contribution in [2.75, 3.05) is 6.26 Å². The molecular weight excluding hydrogens is 224 g/mol. The Kier molecular flexibility index (Phi) is 4.53. The van der Waals surface area contributed by atoms with Gasteiger partial charge in [0.25, 0.3) is 0 Å². The standard InChI is InChI=1S/C12H22O3S/c1-4-10-5-7-11(8-6-10)12(13)9(2)16(3,14)15/h9-11H,4-8H2,1-3H3. The maximum atomic E-state index is 12.0. The van der Waals surface area contributed by atoms with Crippen LogP contribution in [-0.2, 0) is 14.6 Å². The number of ketones is 1. The molecule has 0 spiro atoms. The molecule has 0 aliphatic heterocycles. The Morgan fingerprint density at radius 1 is 1.25 bits per heavy atom. The van der Waals surface area contributed by atoms with E-state index in [9.17, 15) is 13.2 Å². The molecule has 0 aromatic carbocycles. The van der Waals surface area contributed by atoms with E-state index in [2.05, 4.69) is 6.92 Å². The normalized spacial score (nSPS) is 28.7. The highest BCUT2D eigenvalue weighted by Gasteiger charge is 2.32. The summed E-state index contributed by atoms with van der Waals surface area (Å²) in [5.74, 6) is 0.641. The van der Waals surface area contributed by atoms with Crippen LogP contribution in [0.25, 0.3) is 0 Å². The average Bonchev–Trinajstić information content (AvgIpc) is 2.26. The van der Waals surface area contributed by atoms with E-state index in [-0.39, 0.29) is 11.7 Å². The molecule has 3 nitrogen and oxygen atoms in total. The molecule has 0 saturated heterocycles. The number of hydrogen-bond acceptors (Lipinski definition) is 3. The van der Waals surface area contributed by atoms with Crippen LogP contribution in [0, 0.1) is 11.8 Å². The zero-order valence-electron chi connectivity index (χ0n) is 10.4.